The maximum Gasteiger partial charge on any atom is 0.240 e. The van der Waals surface area contributed by atoms with Crippen LogP contribution < -0.4 is 10.5 Å². The van der Waals surface area contributed by atoms with E-state index in [2.05, 4.69) is 10.1 Å². The first-order valence-electron chi connectivity index (χ1n) is 5.17. The maximum atomic E-state index is 13.5. The lowest BCUT2D eigenvalue weighted by Gasteiger charge is -2.10. The number of ether oxygens (including phenoxy) is 1. The monoisotopic (exact) mass is 253 g/mol. The van der Waals surface area contributed by atoms with Crippen LogP contribution in [0.3, 0.4) is 0 Å². The molecule has 7 heteroatoms. The zero-order chi connectivity index (χ0) is 13.3. The van der Waals surface area contributed by atoms with Crippen molar-refractivity contribution in [1.29, 1.82) is 0 Å². The minimum Gasteiger partial charge on any atom is -0.504 e. The van der Waals surface area contributed by atoms with Gasteiger partial charge in [0.05, 0.1) is 19.2 Å². The Morgan fingerprint density at radius 2 is 2.28 bits per heavy atom. The van der Waals surface area contributed by atoms with Crippen LogP contribution in [-0.2, 0) is 6.54 Å². The number of nitrogens with two attached hydrogens (primary N) is 1. The summed E-state index contributed by atoms with van der Waals surface area (Å²) in [6.45, 7) is 1.71. The molecule has 0 aliphatic rings. The molecule has 0 radical (unpaired) electrons. The predicted molar refractivity (Wildman–Crippen MR) is 60.5 cm³/mol. The molecule has 0 aliphatic heterocycles. The van der Waals surface area contributed by atoms with Gasteiger partial charge >= 0.3 is 0 Å². The topological polar surface area (TPSA) is 94.4 Å². The molecule has 0 saturated heterocycles. The minimum atomic E-state index is -0.654. The quantitative estimate of drug-likeness (QED) is 0.857. The lowest BCUT2D eigenvalue weighted by Crippen LogP contribution is -1.97. The van der Waals surface area contributed by atoms with Crippen LogP contribution in [0, 0.1) is 12.7 Å². The third kappa shape index (κ3) is 1.88. The first-order chi connectivity index (χ1) is 8.58. The van der Waals surface area contributed by atoms with E-state index in [1.54, 1.807) is 6.92 Å². The fraction of sp³-hybridized carbons (Fsp3) is 0.273. The van der Waals surface area contributed by atoms with Gasteiger partial charge in [0.15, 0.2) is 17.3 Å². The van der Waals surface area contributed by atoms with Crippen molar-refractivity contribution in [3.05, 3.63) is 23.3 Å². The standard InChI is InChI=1S/C11H12FN3O3/c1-5-3-6(12)10(17-2)9(16)8(5)11-14-7(4-13)18-15-11/h3,16H,4,13H2,1-2H3. The number of benzene rings is 1. The number of phenols is 1. The van der Waals surface area contributed by atoms with Gasteiger partial charge < -0.3 is 20.1 Å². The number of nitrogens with zero attached hydrogens (tertiary/aromatic N) is 2. The first kappa shape index (κ1) is 12.3. The molecule has 6 nitrogen and oxygen atoms in total. The number of aromatic nitrogens is 2. The SMILES string of the molecule is COc1c(F)cc(C)c(-c2noc(CN)n2)c1O. The Labute approximate surface area is 102 Å². The molecular weight excluding hydrogens is 241 g/mol. The smallest absolute Gasteiger partial charge is 0.240 e. The molecule has 1 aromatic carbocycles. The highest BCUT2D eigenvalue weighted by atomic mass is 19.1. The number of phenolic OH excluding ortho intramolecular Hbond substituents is 1. The van der Waals surface area contributed by atoms with Crippen molar-refractivity contribution < 1.29 is 18.8 Å². The highest BCUT2D eigenvalue weighted by Crippen LogP contribution is 2.40. The lowest BCUT2D eigenvalue weighted by molar-refractivity contribution is 0.351. The van der Waals surface area contributed by atoms with E-state index < -0.39 is 5.82 Å². The fourth-order valence-corrected chi connectivity index (χ4v) is 1.66. The second kappa shape index (κ2) is 4.61. The maximum absolute atomic E-state index is 13.5. The van der Waals surface area contributed by atoms with Crippen LogP contribution in [0.4, 0.5) is 4.39 Å². The van der Waals surface area contributed by atoms with Crippen molar-refractivity contribution in [2.24, 2.45) is 5.73 Å². The molecule has 1 heterocycles. The number of aromatic hydroxyl groups is 1. The largest absolute Gasteiger partial charge is 0.504 e. The van der Waals surface area contributed by atoms with E-state index in [9.17, 15) is 9.50 Å². The van der Waals surface area contributed by atoms with Gasteiger partial charge in [-0.25, -0.2) is 4.39 Å². The van der Waals surface area contributed by atoms with Gasteiger partial charge in [-0.15, -0.1) is 0 Å². The van der Waals surface area contributed by atoms with Gasteiger partial charge in [0.25, 0.3) is 0 Å². The number of halogens is 1. The number of hydrogen-bond acceptors (Lipinski definition) is 6. The van der Waals surface area contributed by atoms with E-state index in [1.165, 1.54) is 13.2 Å². The van der Waals surface area contributed by atoms with E-state index in [4.69, 9.17) is 15.0 Å². The molecule has 0 amide bonds. The lowest BCUT2D eigenvalue weighted by atomic mass is 10.1. The molecule has 0 spiro atoms. The van der Waals surface area contributed by atoms with E-state index >= 15 is 0 Å². The molecule has 0 aliphatic carbocycles. The summed E-state index contributed by atoms with van der Waals surface area (Å²) < 4.78 is 23.1. The van der Waals surface area contributed by atoms with Crippen LogP contribution in [0.5, 0.6) is 11.5 Å². The highest BCUT2D eigenvalue weighted by Gasteiger charge is 2.21. The van der Waals surface area contributed by atoms with Gasteiger partial charge in [-0.3, -0.25) is 0 Å². The van der Waals surface area contributed by atoms with Crippen LogP contribution >= 0.6 is 0 Å². The van der Waals surface area contributed by atoms with Crippen molar-refractivity contribution in [3.63, 3.8) is 0 Å². The molecule has 0 fully saturated rings. The predicted octanol–water partition coefficient (Wildman–Crippen LogP) is 1.36. The van der Waals surface area contributed by atoms with Crippen LogP contribution in [0.2, 0.25) is 0 Å². The number of hydrogen-bond donors (Lipinski definition) is 2. The average molecular weight is 253 g/mol. The summed E-state index contributed by atoms with van der Waals surface area (Å²) in [4.78, 5) is 3.98. The van der Waals surface area contributed by atoms with Crippen LogP contribution in [0.15, 0.2) is 10.6 Å². The highest BCUT2D eigenvalue weighted by molar-refractivity contribution is 5.71. The second-order valence-corrected chi connectivity index (χ2v) is 3.65. The molecule has 0 unspecified atom stereocenters. The van der Waals surface area contributed by atoms with Crippen LogP contribution in [-0.4, -0.2) is 22.4 Å². The molecular formula is C11H12FN3O3. The molecule has 2 rings (SSSR count). The Bertz CT molecular complexity index is 583. The molecule has 18 heavy (non-hydrogen) atoms. The summed E-state index contributed by atoms with van der Waals surface area (Å²) in [6, 6.07) is 1.23. The third-order valence-electron chi connectivity index (χ3n) is 2.48. The molecule has 2 aromatic rings. The Balaban J connectivity index is 2.63. The molecule has 0 bridgehead atoms. The van der Waals surface area contributed by atoms with Crippen LogP contribution in [0.1, 0.15) is 11.5 Å². The summed E-state index contributed by atoms with van der Waals surface area (Å²) in [5.74, 6) is -0.899. The Hall–Kier alpha value is -2.15. The Kier molecular flexibility index (Phi) is 3.15. The Morgan fingerprint density at radius 3 is 2.83 bits per heavy atom. The third-order valence-corrected chi connectivity index (χ3v) is 2.48. The van der Waals surface area contributed by atoms with Gasteiger partial charge in [0.1, 0.15) is 0 Å². The molecule has 0 atom stereocenters. The Morgan fingerprint density at radius 1 is 1.56 bits per heavy atom. The summed E-state index contributed by atoms with van der Waals surface area (Å²) in [5.41, 5.74) is 6.08. The minimum absolute atomic E-state index is 0.0884. The van der Waals surface area contributed by atoms with E-state index in [1.807, 2.05) is 0 Å². The van der Waals surface area contributed by atoms with Crippen LogP contribution in [0.25, 0.3) is 11.4 Å². The summed E-state index contributed by atoms with van der Waals surface area (Å²) in [6.07, 6.45) is 0. The van der Waals surface area contributed by atoms with E-state index in [0.29, 0.717) is 5.56 Å². The van der Waals surface area contributed by atoms with Gasteiger partial charge in [0, 0.05) is 0 Å². The number of methoxy groups -OCH3 is 1. The van der Waals surface area contributed by atoms with Crippen molar-refractivity contribution >= 4 is 0 Å². The molecule has 0 saturated carbocycles. The molecule has 3 N–H and O–H groups in total. The van der Waals surface area contributed by atoms with Crippen molar-refractivity contribution in [2.75, 3.05) is 7.11 Å². The van der Waals surface area contributed by atoms with Gasteiger partial charge in [-0.1, -0.05) is 5.16 Å². The fourth-order valence-electron chi connectivity index (χ4n) is 1.66. The molecule has 1 aromatic heterocycles. The summed E-state index contributed by atoms with van der Waals surface area (Å²) >= 11 is 0. The summed E-state index contributed by atoms with van der Waals surface area (Å²) in [7, 11) is 1.26. The van der Waals surface area contributed by atoms with E-state index in [0.717, 1.165) is 0 Å². The van der Waals surface area contributed by atoms with Crippen molar-refractivity contribution in [1.82, 2.24) is 10.1 Å². The molecule has 96 valence electrons. The van der Waals surface area contributed by atoms with Gasteiger partial charge in [-0.05, 0) is 18.6 Å². The zero-order valence-corrected chi connectivity index (χ0v) is 9.90. The van der Waals surface area contributed by atoms with Gasteiger partial charge in [0.2, 0.25) is 11.7 Å². The summed E-state index contributed by atoms with van der Waals surface area (Å²) in [5, 5.41) is 13.6. The normalized spacial score (nSPS) is 10.7. The number of aryl methyl sites for hydroxylation is 1. The zero-order valence-electron chi connectivity index (χ0n) is 9.90. The first-order valence-corrected chi connectivity index (χ1v) is 5.17. The van der Waals surface area contributed by atoms with Crippen molar-refractivity contribution in [2.45, 2.75) is 13.5 Å². The van der Waals surface area contributed by atoms with E-state index in [-0.39, 0.29) is 35.3 Å². The van der Waals surface area contributed by atoms with Gasteiger partial charge in [-0.2, -0.15) is 4.98 Å². The second-order valence-electron chi connectivity index (χ2n) is 3.65. The number of rotatable bonds is 3. The van der Waals surface area contributed by atoms with Crippen molar-refractivity contribution in [3.8, 4) is 22.9 Å². The average Bonchev–Trinajstić information content (AvgIpc) is 2.77.